The Morgan fingerprint density at radius 2 is 2.00 bits per heavy atom. The van der Waals surface area contributed by atoms with E-state index in [9.17, 15) is 20.0 Å². The molecule has 0 aromatic carbocycles. The number of aliphatic hydroxyl groups is 1. The molecule has 0 amide bonds. The third-order valence-electron chi connectivity index (χ3n) is 4.07. The van der Waals surface area contributed by atoms with Crippen LogP contribution in [-0.4, -0.2) is 27.5 Å². The van der Waals surface area contributed by atoms with Gasteiger partial charge < -0.3 is 5.11 Å². The molecular weight excluding hydrogens is 210 g/mol. The number of fused-ring (bicyclic) bond motifs is 2. The molecule has 2 bridgehead atoms. The zero-order chi connectivity index (χ0) is 11.8. The van der Waals surface area contributed by atoms with Crippen LogP contribution in [0.5, 0.6) is 0 Å². The van der Waals surface area contributed by atoms with Crippen LogP contribution in [0, 0.1) is 16.0 Å². The van der Waals surface area contributed by atoms with E-state index in [1.165, 1.54) is 0 Å². The van der Waals surface area contributed by atoms with Crippen molar-refractivity contribution in [3.05, 3.63) is 10.1 Å². The molecule has 0 aliphatic heterocycles. The lowest BCUT2D eigenvalue weighted by Crippen LogP contribution is -2.56. The van der Waals surface area contributed by atoms with E-state index in [1.807, 2.05) is 0 Å². The monoisotopic (exact) mass is 227 g/mol. The second kappa shape index (κ2) is 4.13. The Balaban J connectivity index is 2.33. The van der Waals surface area contributed by atoms with Crippen molar-refractivity contribution in [2.75, 3.05) is 0 Å². The van der Waals surface area contributed by atoms with E-state index in [0.29, 0.717) is 19.3 Å². The van der Waals surface area contributed by atoms with Crippen LogP contribution in [0.3, 0.4) is 0 Å². The molecule has 0 spiro atoms. The summed E-state index contributed by atoms with van der Waals surface area (Å²) in [6.07, 6.45) is 3.44. The van der Waals surface area contributed by atoms with E-state index in [0.717, 1.165) is 19.3 Å². The number of nitrogens with zero attached hydrogens (tertiary/aromatic N) is 1. The van der Waals surface area contributed by atoms with Crippen molar-refractivity contribution in [1.82, 2.24) is 0 Å². The predicted octanol–water partition coefficient (Wildman–Crippen LogP) is 1.31. The predicted molar refractivity (Wildman–Crippen MR) is 56.5 cm³/mol. The molecule has 0 aromatic heterocycles. The number of hydrogen-bond acceptors (Lipinski definition) is 4. The summed E-state index contributed by atoms with van der Waals surface area (Å²) in [5.74, 6) is -0.824. The summed E-state index contributed by atoms with van der Waals surface area (Å²) in [6.45, 7) is 0. The number of nitro groups is 1. The Morgan fingerprint density at radius 1 is 1.25 bits per heavy atom. The Morgan fingerprint density at radius 3 is 2.69 bits per heavy atom. The van der Waals surface area contributed by atoms with Crippen molar-refractivity contribution >= 4 is 5.78 Å². The smallest absolute Gasteiger partial charge is 0.279 e. The van der Waals surface area contributed by atoms with Gasteiger partial charge in [0, 0.05) is 17.8 Å². The minimum Gasteiger partial charge on any atom is -0.392 e. The lowest BCUT2D eigenvalue weighted by Gasteiger charge is -2.37. The summed E-state index contributed by atoms with van der Waals surface area (Å²) < 4.78 is 0. The van der Waals surface area contributed by atoms with Gasteiger partial charge in [0.25, 0.3) is 5.54 Å². The fourth-order valence-electron chi connectivity index (χ4n) is 3.03. The highest BCUT2D eigenvalue weighted by molar-refractivity contribution is 5.90. The molecule has 2 saturated carbocycles. The van der Waals surface area contributed by atoms with E-state index in [-0.39, 0.29) is 12.2 Å². The average molecular weight is 227 g/mol. The molecule has 2 fully saturated rings. The number of hydrogen-bond donors (Lipinski definition) is 1. The number of aliphatic hydroxyl groups excluding tert-OH is 1. The summed E-state index contributed by atoms with van der Waals surface area (Å²) in [5.41, 5.74) is -1.38. The van der Waals surface area contributed by atoms with E-state index in [2.05, 4.69) is 0 Å². The van der Waals surface area contributed by atoms with Crippen molar-refractivity contribution in [3.63, 3.8) is 0 Å². The van der Waals surface area contributed by atoms with Crippen LogP contribution in [0.15, 0.2) is 0 Å². The standard InChI is InChI=1S/C11H17NO4/c13-9-5-7-11(12(15)16)6-3-1-2-4-8(9)10(11)14/h8-9,13H,1-7H2/t8-,9+,11-/m0/s1. The molecule has 90 valence electrons. The van der Waals surface area contributed by atoms with Crippen molar-refractivity contribution in [2.24, 2.45) is 5.92 Å². The molecule has 2 aliphatic rings. The van der Waals surface area contributed by atoms with E-state index in [4.69, 9.17) is 0 Å². The SMILES string of the molecule is O=C1[C@H]2CCCCC[C@]1([N+](=O)[O-])CC[C@H]2O. The summed E-state index contributed by atoms with van der Waals surface area (Å²) >= 11 is 0. The fourth-order valence-corrected chi connectivity index (χ4v) is 3.03. The highest BCUT2D eigenvalue weighted by atomic mass is 16.6. The summed E-state index contributed by atoms with van der Waals surface area (Å²) in [4.78, 5) is 22.9. The largest absolute Gasteiger partial charge is 0.392 e. The number of ketones is 1. The molecule has 0 saturated heterocycles. The van der Waals surface area contributed by atoms with Crippen LogP contribution in [0.2, 0.25) is 0 Å². The van der Waals surface area contributed by atoms with Gasteiger partial charge in [-0.1, -0.05) is 12.8 Å². The van der Waals surface area contributed by atoms with Crippen LogP contribution in [-0.2, 0) is 4.79 Å². The van der Waals surface area contributed by atoms with E-state index < -0.39 is 22.5 Å². The van der Waals surface area contributed by atoms with Crippen LogP contribution in [0.4, 0.5) is 0 Å². The van der Waals surface area contributed by atoms with Crippen molar-refractivity contribution in [2.45, 2.75) is 56.6 Å². The first-order valence-corrected chi connectivity index (χ1v) is 5.95. The summed E-state index contributed by atoms with van der Waals surface area (Å²) in [7, 11) is 0. The van der Waals surface area contributed by atoms with Crippen LogP contribution in [0.25, 0.3) is 0 Å². The van der Waals surface area contributed by atoms with Gasteiger partial charge in [0.1, 0.15) is 0 Å². The molecule has 0 unspecified atom stereocenters. The molecule has 2 rings (SSSR count). The van der Waals surface area contributed by atoms with E-state index >= 15 is 0 Å². The number of Topliss-reactive ketones (excluding diaryl/α,β-unsaturated/α-hetero) is 1. The van der Waals surface area contributed by atoms with Crippen molar-refractivity contribution in [1.29, 1.82) is 0 Å². The molecule has 1 N–H and O–H groups in total. The maximum absolute atomic E-state index is 12.2. The lowest BCUT2D eigenvalue weighted by atomic mass is 9.68. The Kier molecular flexibility index (Phi) is 2.97. The molecule has 2 aliphatic carbocycles. The molecule has 5 heteroatoms. The Labute approximate surface area is 94.0 Å². The lowest BCUT2D eigenvalue weighted by molar-refractivity contribution is -0.557. The fraction of sp³-hybridized carbons (Fsp3) is 0.909. The van der Waals surface area contributed by atoms with Gasteiger partial charge in [0.2, 0.25) is 5.78 Å². The molecule has 0 heterocycles. The number of carbonyl (C=O) groups excluding carboxylic acids is 1. The molecule has 3 atom stereocenters. The highest BCUT2D eigenvalue weighted by Gasteiger charge is 2.57. The van der Waals surface area contributed by atoms with Gasteiger partial charge in [-0.2, -0.15) is 0 Å². The second-order valence-corrected chi connectivity index (χ2v) is 4.96. The maximum atomic E-state index is 12.2. The van der Waals surface area contributed by atoms with Crippen molar-refractivity contribution < 1.29 is 14.8 Å². The molecule has 0 aromatic rings. The topological polar surface area (TPSA) is 80.4 Å². The van der Waals surface area contributed by atoms with Gasteiger partial charge in [-0.05, 0) is 19.3 Å². The first kappa shape index (κ1) is 11.5. The van der Waals surface area contributed by atoms with Crippen LogP contribution in [0.1, 0.15) is 44.9 Å². The van der Waals surface area contributed by atoms with Crippen LogP contribution < -0.4 is 0 Å². The minimum absolute atomic E-state index is 0.205. The molecular formula is C11H17NO4. The Bertz CT molecular complexity index is 313. The third-order valence-corrected chi connectivity index (χ3v) is 4.07. The van der Waals surface area contributed by atoms with Crippen LogP contribution >= 0.6 is 0 Å². The van der Waals surface area contributed by atoms with Gasteiger partial charge >= 0.3 is 0 Å². The zero-order valence-electron chi connectivity index (χ0n) is 9.22. The third kappa shape index (κ3) is 1.63. The highest BCUT2D eigenvalue weighted by Crippen LogP contribution is 2.39. The van der Waals surface area contributed by atoms with Gasteiger partial charge in [0.05, 0.1) is 12.0 Å². The average Bonchev–Trinajstić information content (AvgIpc) is 2.23. The number of rotatable bonds is 1. The summed E-state index contributed by atoms with van der Waals surface area (Å²) in [5, 5.41) is 20.9. The van der Waals surface area contributed by atoms with Gasteiger partial charge in [-0.15, -0.1) is 0 Å². The quantitative estimate of drug-likeness (QED) is 0.541. The van der Waals surface area contributed by atoms with Gasteiger partial charge in [0.15, 0.2) is 0 Å². The first-order chi connectivity index (χ1) is 7.58. The molecule has 16 heavy (non-hydrogen) atoms. The number of carbonyl (C=O) groups is 1. The second-order valence-electron chi connectivity index (χ2n) is 4.96. The zero-order valence-corrected chi connectivity index (χ0v) is 9.22. The normalized spacial score (nSPS) is 39.9. The van der Waals surface area contributed by atoms with E-state index in [1.54, 1.807) is 0 Å². The van der Waals surface area contributed by atoms with Gasteiger partial charge in [-0.25, -0.2) is 0 Å². The van der Waals surface area contributed by atoms with Crippen molar-refractivity contribution in [3.8, 4) is 0 Å². The summed E-state index contributed by atoms with van der Waals surface area (Å²) in [6, 6.07) is 0. The molecule has 0 radical (unpaired) electrons. The maximum Gasteiger partial charge on any atom is 0.279 e. The van der Waals surface area contributed by atoms with Gasteiger partial charge in [-0.3, -0.25) is 14.9 Å². The minimum atomic E-state index is -1.38. The Hall–Kier alpha value is -0.970. The first-order valence-electron chi connectivity index (χ1n) is 5.95. The molecule has 5 nitrogen and oxygen atoms in total.